The van der Waals surface area contributed by atoms with Crippen molar-refractivity contribution in [3.05, 3.63) is 29.6 Å². The third kappa shape index (κ3) is 2.33. The maximum atomic E-state index is 11.1. The van der Waals surface area contributed by atoms with E-state index < -0.39 is 5.97 Å². The molecule has 0 fully saturated rings. The van der Waals surface area contributed by atoms with Crippen LogP contribution < -0.4 is 0 Å². The second-order valence-electron chi connectivity index (χ2n) is 5.25. The van der Waals surface area contributed by atoms with E-state index in [2.05, 4.69) is 4.98 Å². The van der Waals surface area contributed by atoms with Crippen LogP contribution in [0.5, 0.6) is 0 Å². The molecule has 5 nitrogen and oxygen atoms in total. The Hall–Kier alpha value is -1.88. The lowest BCUT2D eigenvalue weighted by atomic mass is 10.1. The number of carboxylic acid groups (broad SMARTS) is 1. The molecule has 0 aliphatic heterocycles. The molecule has 19 heavy (non-hydrogen) atoms. The number of carbonyl (C=O) groups is 1. The second kappa shape index (κ2) is 4.66. The van der Waals surface area contributed by atoms with Crippen molar-refractivity contribution in [3.8, 4) is 0 Å². The number of imidazole rings is 1. The Morgan fingerprint density at radius 3 is 2.74 bits per heavy atom. The van der Waals surface area contributed by atoms with E-state index in [9.17, 15) is 4.79 Å². The summed E-state index contributed by atoms with van der Waals surface area (Å²) in [4.78, 5) is 15.6. The first kappa shape index (κ1) is 13.5. The normalized spacial score (nSPS) is 12.0. The molecule has 0 saturated carbocycles. The molecule has 2 rings (SSSR count). The maximum Gasteiger partial charge on any atom is 0.335 e. The predicted molar refractivity (Wildman–Crippen MR) is 72.6 cm³/mol. The van der Waals surface area contributed by atoms with Crippen LogP contribution in [0.4, 0.5) is 0 Å². The third-order valence-electron chi connectivity index (χ3n) is 3.17. The van der Waals surface area contributed by atoms with Crippen molar-refractivity contribution in [2.75, 3.05) is 13.7 Å². The third-order valence-corrected chi connectivity index (χ3v) is 3.17. The summed E-state index contributed by atoms with van der Waals surface area (Å²) in [6.07, 6.45) is 0. The van der Waals surface area contributed by atoms with E-state index in [0.717, 1.165) is 16.9 Å². The van der Waals surface area contributed by atoms with Gasteiger partial charge in [-0.3, -0.25) is 0 Å². The number of aromatic carboxylic acids is 1. The molecule has 1 aromatic heterocycles. The number of aromatic nitrogens is 2. The molecule has 0 bridgehead atoms. The average molecular weight is 262 g/mol. The van der Waals surface area contributed by atoms with Crippen LogP contribution in [-0.2, 0) is 10.3 Å². The van der Waals surface area contributed by atoms with Crippen LogP contribution in [0.1, 0.15) is 30.0 Å². The lowest BCUT2D eigenvalue weighted by molar-refractivity contribution is 0.0697. The molecule has 0 amide bonds. The van der Waals surface area contributed by atoms with E-state index in [0.29, 0.717) is 6.61 Å². The van der Waals surface area contributed by atoms with E-state index >= 15 is 0 Å². The van der Waals surface area contributed by atoms with Gasteiger partial charge < -0.3 is 14.4 Å². The molecule has 102 valence electrons. The van der Waals surface area contributed by atoms with Gasteiger partial charge in [0.15, 0.2) is 0 Å². The molecule has 1 N–H and O–H groups in total. The number of aryl methyl sites for hydroxylation is 1. The lowest BCUT2D eigenvalue weighted by Crippen LogP contribution is -2.32. The Labute approximate surface area is 111 Å². The largest absolute Gasteiger partial charge is 0.478 e. The minimum Gasteiger partial charge on any atom is -0.478 e. The molecule has 1 aromatic carbocycles. The van der Waals surface area contributed by atoms with Gasteiger partial charge in [0.05, 0.1) is 28.7 Å². The fourth-order valence-corrected chi connectivity index (χ4v) is 2.51. The van der Waals surface area contributed by atoms with Gasteiger partial charge in [-0.15, -0.1) is 0 Å². The Bertz CT molecular complexity index is 629. The molecule has 0 unspecified atom stereocenters. The maximum absolute atomic E-state index is 11.1. The Morgan fingerprint density at radius 1 is 1.47 bits per heavy atom. The molecule has 0 radical (unpaired) electrons. The van der Waals surface area contributed by atoms with Gasteiger partial charge in [0.1, 0.15) is 5.82 Å². The standard InChI is InChI=1S/C14H18N2O3/c1-9-15-11-6-5-10(13(17)18)7-12(11)16(9)14(2,3)8-19-4/h5-7H,8H2,1-4H3,(H,17,18). The van der Waals surface area contributed by atoms with Crippen molar-refractivity contribution in [3.63, 3.8) is 0 Å². The molecule has 0 saturated heterocycles. The van der Waals surface area contributed by atoms with Crippen molar-refractivity contribution in [2.24, 2.45) is 0 Å². The molecule has 5 heteroatoms. The van der Waals surface area contributed by atoms with E-state index in [1.54, 1.807) is 25.3 Å². The highest BCUT2D eigenvalue weighted by molar-refractivity contribution is 5.92. The highest BCUT2D eigenvalue weighted by Gasteiger charge is 2.25. The zero-order chi connectivity index (χ0) is 14.2. The predicted octanol–water partition coefficient (Wildman–Crippen LogP) is 2.42. The van der Waals surface area contributed by atoms with Crippen LogP contribution in [0, 0.1) is 6.92 Å². The molecule has 0 spiro atoms. The summed E-state index contributed by atoms with van der Waals surface area (Å²) in [6.45, 7) is 6.52. The van der Waals surface area contributed by atoms with Gasteiger partial charge in [0, 0.05) is 7.11 Å². The number of ether oxygens (including phenoxy) is 1. The molecular weight excluding hydrogens is 244 g/mol. The van der Waals surface area contributed by atoms with Gasteiger partial charge in [-0.05, 0) is 39.0 Å². The van der Waals surface area contributed by atoms with E-state index in [1.165, 1.54) is 0 Å². The molecule has 2 aromatic rings. The molecular formula is C14H18N2O3. The minimum atomic E-state index is -0.933. The van der Waals surface area contributed by atoms with Gasteiger partial charge in [0.2, 0.25) is 0 Å². The molecule has 1 heterocycles. The van der Waals surface area contributed by atoms with E-state index in [4.69, 9.17) is 9.84 Å². The summed E-state index contributed by atoms with van der Waals surface area (Å²) in [7, 11) is 1.65. The number of methoxy groups -OCH3 is 1. The van der Waals surface area contributed by atoms with Crippen LogP contribution in [0.2, 0.25) is 0 Å². The van der Waals surface area contributed by atoms with Gasteiger partial charge in [-0.25, -0.2) is 9.78 Å². The van der Waals surface area contributed by atoms with Gasteiger partial charge in [-0.1, -0.05) is 0 Å². The van der Waals surface area contributed by atoms with Crippen LogP contribution >= 0.6 is 0 Å². The van der Waals surface area contributed by atoms with E-state index in [-0.39, 0.29) is 11.1 Å². The number of nitrogens with zero attached hydrogens (tertiary/aromatic N) is 2. The number of hydrogen-bond acceptors (Lipinski definition) is 3. The van der Waals surface area contributed by atoms with Crippen molar-refractivity contribution in [1.82, 2.24) is 9.55 Å². The minimum absolute atomic E-state index is 0.266. The van der Waals surface area contributed by atoms with Gasteiger partial charge in [0.25, 0.3) is 0 Å². The fourth-order valence-electron chi connectivity index (χ4n) is 2.51. The number of carboxylic acids is 1. The highest BCUT2D eigenvalue weighted by atomic mass is 16.5. The number of fused-ring (bicyclic) bond motifs is 1. The highest BCUT2D eigenvalue weighted by Crippen LogP contribution is 2.26. The molecule has 0 aliphatic carbocycles. The first-order valence-corrected chi connectivity index (χ1v) is 6.08. The summed E-state index contributed by atoms with van der Waals surface area (Å²) < 4.78 is 7.27. The smallest absolute Gasteiger partial charge is 0.335 e. The quantitative estimate of drug-likeness (QED) is 0.919. The SMILES string of the molecule is COCC(C)(C)n1c(C)nc2ccc(C(=O)O)cc21. The Balaban J connectivity index is 2.68. The summed E-state index contributed by atoms with van der Waals surface area (Å²) >= 11 is 0. The second-order valence-corrected chi connectivity index (χ2v) is 5.25. The summed E-state index contributed by atoms with van der Waals surface area (Å²) in [5, 5.41) is 9.09. The van der Waals surface area contributed by atoms with Crippen molar-refractivity contribution < 1.29 is 14.6 Å². The van der Waals surface area contributed by atoms with Crippen molar-refractivity contribution in [2.45, 2.75) is 26.3 Å². The summed E-state index contributed by atoms with van der Waals surface area (Å²) in [5.74, 6) is -0.0866. The number of hydrogen-bond donors (Lipinski definition) is 1. The first-order chi connectivity index (χ1) is 8.86. The summed E-state index contributed by atoms with van der Waals surface area (Å²) in [5.41, 5.74) is 1.60. The van der Waals surface area contributed by atoms with Crippen LogP contribution in [0.15, 0.2) is 18.2 Å². The number of rotatable bonds is 4. The zero-order valence-electron chi connectivity index (χ0n) is 11.6. The average Bonchev–Trinajstić information content (AvgIpc) is 2.63. The Kier molecular flexibility index (Phi) is 3.32. The first-order valence-electron chi connectivity index (χ1n) is 6.08. The number of benzene rings is 1. The lowest BCUT2D eigenvalue weighted by Gasteiger charge is -2.28. The van der Waals surface area contributed by atoms with Gasteiger partial charge >= 0.3 is 5.97 Å². The van der Waals surface area contributed by atoms with E-state index in [1.807, 2.05) is 25.3 Å². The topological polar surface area (TPSA) is 64.4 Å². The fraction of sp³-hybridized carbons (Fsp3) is 0.429. The monoisotopic (exact) mass is 262 g/mol. The van der Waals surface area contributed by atoms with Crippen molar-refractivity contribution in [1.29, 1.82) is 0 Å². The Morgan fingerprint density at radius 2 is 2.16 bits per heavy atom. The van der Waals surface area contributed by atoms with Gasteiger partial charge in [-0.2, -0.15) is 0 Å². The van der Waals surface area contributed by atoms with Crippen LogP contribution in [0.25, 0.3) is 11.0 Å². The van der Waals surface area contributed by atoms with Crippen LogP contribution in [0.3, 0.4) is 0 Å². The summed E-state index contributed by atoms with van der Waals surface area (Å²) in [6, 6.07) is 4.98. The molecule has 0 atom stereocenters. The zero-order valence-corrected chi connectivity index (χ0v) is 11.6. The molecule has 0 aliphatic rings. The van der Waals surface area contributed by atoms with Crippen LogP contribution in [-0.4, -0.2) is 34.3 Å². The van der Waals surface area contributed by atoms with Crippen molar-refractivity contribution >= 4 is 17.0 Å².